The van der Waals surface area contributed by atoms with E-state index in [1.54, 1.807) is 26.4 Å². The molecule has 94 valence electrons. The third kappa shape index (κ3) is 3.55. The van der Waals surface area contributed by atoms with Crippen molar-refractivity contribution < 1.29 is 14.3 Å². The van der Waals surface area contributed by atoms with Gasteiger partial charge in [0.05, 0.1) is 13.7 Å². The molecule has 1 unspecified atom stereocenters. The van der Waals surface area contributed by atoms with Crippen molar-refractivity contribution in [2.75, 3.05) is 21.2 Å². The number of aromatic nitrogens is 2. The highest BCUT2D eigenvalue weighted by Gasteiger charge is 2.17. The monoisotopic (exact) mass is 303 g/mol. The molecule has 0 N–H and O–H groups in total. The average molecular weight is 304 g/mol. The van der Waals surface area contributed by atoms with Gasteiger partial charge in [-0.3, -0.25) is 14.3 Å². The highest BCUT2D eigenvalue weighted by Crippen LogP contribution is 2.07. The first-order valence-electron chi connectivity index (χ1n) is 4.92. The molecule has 0 aliphatic rings. The quantitative estimate of drug-likeness (QED) is 0.601. The third-order valence-electron chi connectivity index (χ3n) is 2.07. The van der Waals surface area contributed by atoms with E-state index in [1.165, 1.54) is 16.7 Å². The molecule has 1 aromatic rings. The van der Waals surface area contributed by atoms with Crippen LogP contribution in [0.1, 0.15) is 10.5 Å². The van der Waals surface area contributed by atoms with Crippen LogP contribution < -0.4 is 0 Å². The van der Waals surface area contributed by atoms with Crippen LogP contribution >= 0.6 is 15.9 Å². The Morgan fingerprint density at radius 3 is 2.76 bits per heavy atom. The third-order valence-corrected chi connectivity index (χ3v) is 2.73. The Labute approximate surface area is 108 Å². The fourth-order valence-electron chi connectivity index (χ4n) is 1.17. The van der Waals surface area contributed by atoms with E-state index >= 15 is 0 Å². The fourth-order valence-corrected chi connectivity index (χ4v) is 1.66. The molecule has 0 aliphatic heterocycles. The first kappa shape index (κ1) is 13.7. The number of methoxy groups -OCH3 is 1. The van der Waals surface area contributed by atoms with Crippen LogP contribution in [-0.4, -0.2) is 52.6 Å². The minimum atomic E-state index is -0.477. The van der Waals surface area contributed by atoms with Gasteiger partial charge in [0.25, 0.3) is 5.91 Å². The number of halogens is 1. The van der Waals surface area contributed by atoms with Crippen molar-refractivity contribution >= 4 is 27.8 Å². The topological polar surface area (TPSA) is 64.4 Å². The highest BCUT2D eigenvalue weighted by atomic mass is 79.9. The molecule has 0 saturated heterocycles. The minimum absolute atomic E-state index is 0.173. The van der Waals surface area contributed by atoms with E-state index in [1.807, 2.05) is 0 Å². The lowest BCUT2D eigenvalue weighted by Gasteiger charge is -2.08. The van der Waals surface area contributed by atoms with Crippen LogP contribution in [0.2, 0.25) is 0 Å². The van der Waals surface area contributed by atoms with Crippen molar-refractivity contribution in [1.82, 2.24) is 14.7 Å². The van der Waals surface area contributed by atoms with Crippen LogP contribution in [0.5, 0.6) is 0 Å². The largest absolute Gasteiger partial charge is 0.468 e. The van der Waals surface area contributed by atoms with Gasteiger partial charge in [-0.2, -0.15) is 5.10 Å². The number of carbonyl (C=O) groups is 2. The SMILES string of the molecule is COC(=O)C(Br)Cn1ccc(C(=O)N(C)C)n1. The molecule has 0 radical (unpaired) electrons. The normalized spacial score (nSPS) is 12.0. The Bertz CT molecular complexity index is 417. The predicted octanol–water partition coefficient (Wildman–Crippen LogP) is 0.521. The Morgan fingerprint density at radius 1 is 1.59 bits per heavy atom. The zero-order valence-corrected chi connectivity index (χ0v) is 11.5. The molecule has 1 atom stereocenters. The van der Waals surface area contributed by atoms with E-state index in [9.17, 15) is 9.59 Å². The number of esters is 1. The molecule has 0 fully saturated rings. The lowest BCUT2D eigenvalue weighted by molar-refractivity contribution is -0.140. The number of alkyl halides is 1. The van der Waals surface area contributed by atoms with Crippen LogP contribution in [0.15, 0.2) is 12.3 Å². The first-order valence-corrected chi connectivity index (χ1v) is 5.84. The Balaban J connectivity index is 2.69. The minimum Gasteiger partial charge on any atom is -0.468 e. The first-order chi connectivity index (χ1) is 7.95. The Kier molecular flexibility index (Phi) is 4.68. The van der Waals surface area contributed by atoms with Crippen LogP contribution in [0.25, 0.3) is 0 Å². The van der Waals surface area contributed by atoms with Gasteiger partial charge in [0, 0.05) is 20.3 Å². The molecule has 1 amide bonds. The maximum atomic E-state index is 11.6. The molecule has 17 heavy (non-hydrogen) atoms. The van der Waals surface area contributed by atoms with Crippen LogP contribution in [0.3, 0.4) is 0 Å². The van der Waals surface area contributed by atoms with Crippen LogP contribution in [0.4, 0.5) is 0 Å². The van der Waals surface area contributed by atoms with Crippen molar-refractivity contribution in [3.8, 4) is 0 Å². The summed E-state index contributed by atoms with van der Waals surface area (Å²) in [6, 6.07) is 1.61. The maximum Gasteiger partial charge on any atom is 0.321 e. The summed E-state index contributed by atoms with van der Waals surface area (Å²) in [4.78, 5) is 23.7. The number of carbonyl (C=O) groups excluding carboxylic acids is 2. The molecule has 0 saturated carbocycles. The number of ether oxygens (including phenoxy) is 1. The maximum absolute atomic E-state index is 11.6. The van der Waals surface area contributed by atoms with Gasteiger partial charge in [-0.25, -0.2) is 0 Å². The van der Waals surface area contributed by atoms with Crippen molar-refractivity contribution in [3.63, 3.8) is 0 Å². The summed E-state index contributed by atoms with van der Waals surface area (Å²) in [5, 5.41) is 4.08. The number of hydrogen-bond acceptors (Lipinski definition) is 4. The standard InChI is InChI=1S/C10H14BrN3O3/c1-13(2)9(15)8-4-5-14(12-8)6-7(11)10(16)17-3/h4-5,7H,6H2,1-3H3. The molecule has 1 aromatic heterocycles. The van der Waals surface area contributed by atoms with Crippen molar-refractivity contribution in [2.45, 2.75) is 11.4 Å². The number of nitrogens with zero attached hydrogens (tertiary/aromatic N) is 3. The summed E-state index contributed by atoms with van der Waals surface area (Å²) in [5.41, 5.74) is 0.347. The second-order valence-electron chi connectivity index (χ2n) is 3.61. The number of rotatable bonds is 4. The molecule has 1 rings (SSSR count). The van der Waals surface area contributed by atoms with E-state index in [0.29, 0.717) is 12.2 Å². The number of hydrogen-bond donors (Lipinski definition) is 0. The van der Waals surface area contributed by atoms with Crippen molar-refractivity contribution in [2.24, 2.45) is 0 Å². The molecule has 7 heteroatoms. The summed E-state index contributed by atoms with van der Waals surface area (Å²) in [5.74, 6) is -0.547. The van der Waals surface area contributed by atoms with Gasteiger partial charge in [-0.15, -0.1) is 0 Å². The summed E-state index contributed by atoms with van der Waals surface area (Å²) in [6.07, 6.45) is 1.65. The second kappa shape index (κ2) is 5.81. The molecular weight excluding hydrogens is 290 g/mol. The van der Waals surface area contributed by atoms with Crippen LogP contribution in [-0.2, 0) is 16.1 Å². The molecule has 0 aromatic carbocycles. The predicted molar refractivity (Wildman–Crippen MR) is 65.0 cm³/mol. The second-order valence-corrected chi connectivity index (χ2v) is 4.72. The molecule has 0 spiro atoms. The molecule has 0 aliphatic carbocycles. The van der Waals surface area contributed by atoms with E-state index in [0.717, 1.165) is 0 Å². The van der Waals surface area contributed by atoms with E-state index in [2.05, 4.69) is 25.8 Å². The average Bonchev–Trinajstić information content (AvgIpc) is 2.74. The Morgan fingerprint density at radius 2 is 2.24 bits per heavy atom. The van der Waals surface area contributed by atoms with Crippen molar-refractivity contribution in [1.29, 1.82) is 0 Å². The lowest BCUT2D eigenvalue weighted by Crippen LogP contribution is -2.24. The zero-order valence-electron chi connectivity index (χ0n) is 9.88. The van der Waals surface area contributed by atoms with Crippen molar-refractivity contribution in [3.05, 3.63) is 18.0 Å². The van der Waals surface area contributed by atoms with Gasteiger partial charge in [0.2, 0.25) is 0 Å². The van der Waals surface area contributed by atoms with Gasteiger partial charge in [0.15, 0.2) is 0 Å². The summed E-state index contributed by atoms with van der Waals surface area (Å²) < 4.78 is 6.10. The van der Waals surface area contributed by atoms with Gasteiger partial charge < -0.3 is 9.64 Å². The molecule has 1 heterocycles. The van der Waals surface area contributed by atoms with E-state index in [4.69, 9.17) is 0 Å². The van der Waals surface area contributed by atoms with E-state index in [-0.39, 0.29) is 11.9 Å². The summed E-state index contributed by atoms with van der Waals surface area (Å²) in [6.45, 7) is 0.313. The van der Waals surface area contributed by atoms with Gasteiger partial charge in [0.1, 0.15) is 10.5 Å². The highest BCUT2D eigenvalue weighted by molar-refractivity contribution is 9.10. The molecule has 0 bridgehead atoms. The molecular formula is C10H14BrN3O3. The van der Waals surface area contributed by atoms with Gasteiger partial charge in [-0.1, -0.05) is 15.9 Å². The van der Waals surface area contributed by atoms with E-state index < -0.39 is 4.83 Å². The smallest absolute Gasteiger partial charge is 0.321 e. The van der Waals surface area contributed by atoms with Gasteiger partial charge in [-0.05, 0) is 6.07 Å². The molecule has 6 nitrogen and oxygen atoms in total. The summed E-state index contributed by atoms with van der Waals surface area (Å²) >= 11 is 3.18. The fraction of sp³-hybridized carbons (Fsp3) is 0.500. The van der Waals surface area contributed by atoms with Crippen LogP contribution in [0, 0.1) is 0 Å². The number of amides is 1. The zero-order chi connectivity index (χ0) is 13.0. The summed E-state index contributed by atoms with van der Waals surface area (Å²) in [7, 11) is 4.63. The Hall–Kier alpha value is -1.37. The lowest BCUT2D eigenvalue weighted by atomic mass is 10.4. The van der Waals surface area contributed by atoms with Gasteiger partial charge >= 0.3 is 5.97 Å².